The molecule has 1 rings (SSSR count). The van der Waals surface area contributed by atoms with E-state index in [9.17, 15) is 4.79 Å². The molecule has 0 fully saturated rings. The summed E-state index contributed by atoms with van der Waals surface area (Å²) in [5.74, 6) is -0.359. The van der Waals surface area contributed by atoms with Gasteiger partial charge in [0, 0.05) is 6.54 Å². The van der Waals surface area contributed by atoms with E-state index in [4.69, 9.17) is 4.74 Å². The third kappa shape index (κ3) is 4.49. The molecule has 0 saturated heterocycles. The second-order valence-corrected chi connectivity index (χ2v) is 4.60. The minimum Gasteiger partial charge on any atom is -0.469 e. The third-order valence-corrected chi connectivity index (χ3v) is 3.08. The first kappa shape index (κ1) is 14.7. The summed E-state index contributed by atoms with van der Waals surface area (Å²) < 4.78 is 4.91. The van der Waals surface area contributed by atoms with E-state index in [1.165, 1.54) is 13.5 Å². The van der Waals surface area contributed by atoms with Crippen LogP contribution < -0.4 is 0 Å². The molecular weight excluding hydrogens is 226 g/mol. The fourth-order valence-corrected chi connectivity index (χ4v) is 1.97. The first-order chi connectivity index (χ1) is 8.69. The lowest BCUT2D eigenvalue weighted by atomic mass is 9.98. The second kappa shape index (κ2) is 7.88. The first-order valence-corrected chi connectivity index (χ1v) is 6.50. The number of carbonyl (C=O) groups is 1. The van der Waals surface area contributed by atoms with Gasteiger partial charge < -0.3 is 9.64 Å². The lowest BCUT2D eigenvalue weighted by Gasteiger charge is -2.22. The van der Waals surface area contributed by atoms with Crippen LogP contribution >= 0.6 is 0 Å². The molecule has 3 nitrogen and oxygen atoms in total. The molecule has 0 aliphatic carbocycles. The number of ether oxygens (including phenoxy) is 1. The Morgan fingerprint density at radius 3 is 2.56 bits per heavy atom. The molecule has 1 aromatic carbocycles. The quantitative estimate of drug-likeness (QED) is 0.696. The van der Waals surface area contributed by atoms with Gasteiger partial charge in [0.05, 0.1) is 13.0 Å². The molecule has 0 saturated carbocycles. The highest BCUT2D eigenvalue weighted by Crippen LogP contribution is 2.18. The number of likely N-dealkylation sites (N-methyl/N-ethyl adjacent to an activating group) is 1. The van der Waals surface area contributed by atoms with E-state index in [0.29, 0.717) is 6.54 Å². The number of hydrogen-bond donors (Lipinski definition) is 0. The topological polar surface area (TPSA) is 29.5 Å². The summed E-state index contributed by atoms with van der Waals surface area (Å²) in [6.45, 7) is 3.89. The third-order valence-electron chi connectivity index (χ3n) is 3.08. The average Bonchev–Trinajstić information content (AvgIpc) is 2.42. The average molecular weight is 249 g/mol. The van der Waals surface area contributed by atoms with Crippen LogP contribution in [0, 0.1) is 0 Å². The maximum absolute atomic E-state index is 11.9. The van der Waals surface area contributed by atoms with Gasteiger partial charge in [-0.05, 0) is 25.6 Å². The van der Waals surface area contributed by atoms with Crippen LogP contribution in [-0.4, -0.2) is 38.1 Å². The fourth-order valence-electron chi connectivity index (χ4n) is 1.97. The molecule has 1 unspecified atom stereocenters. The zero-order valence-electron chi connectivity index (χ0n) is 11.6. The molecule has 0 aliphatic heterocycles. The number of hydrogen-bond acceptors (Lipinski definition) is 3. The maximum Gasteiger partial charge on any atom is 0.314 e. The van der Waals surface area contributed by atoms with Crippen LogP contribution in [0.25, 0.3) is 0 Å². The Bertz CT molecular complexity index is 351. The number of methoxy groups -OCH3 is 1. The SMILES string of the molecule is CCCCN(C)CC(C(=O)OC)c1ccccc1. The molecule has 0 radical (unpaired) electrons. The Kier molecular flexibility index (Phi) is 6.44. The monoisotopic (exact) mass is 249 g/mol. The van der Waals surface area contributed by atoms with Crippen LogP contribution in [0.5, 0.6) is 0 Å². The van der Waals surface area contributed by atoms with E-state index < -0.39 is 0 Å². The summed E-state index contributed by atoms with van der Waals surface area (Å²) in [6, 6.07) is 9.83. The van der Waals surface area contributed by atoms with Crippen molar-refractivity contribution in [3.8, 4) is 0 Å². The normalized spacial score (nSPS) is 12.4. The molecule has 1 aromatic rings. The fraction of sp³-hybridized carbons (Fsp3) is 0.533. The van der Waals surface area contributed by atoms with Crippen LogP contribution in [0.1, 0.15) is 31.2 Å². The predicted octanol–water partition coefficient (Wildman–Crippen LogP) is 2.68. The van der Waals surface area contributed by atoms with Crippen molar-refractivity contribution in [1.29, 1.82) is 0 Å². The Balaban J connectivity index is 2.71. The van der Waals surface area contributed by atoms with E-state index >= 15 is 0 Å². The minimum atomic E-state index is -0.196. The van der Waals surface area contributed by atoms with Crippen molar-refractivity contribution in [2.75, 3.05) is 27.2 Å². The number of nitrogens with zero attached hydrogens (tertiary/aromatic N) is 1. The minimum absolute atomic E-state index is 0.162. The van der Waals surface area contributed by atoms with Crippen LogP contribution in [0.4, 0.5) is 0 Å². The lowest BCUT2D eigenvalue weighted by molar-refractivity contribution is -0.142. The Morgan fingerprint density at radius 2 is 2.00 bits per heavy atom. The van der Waals surface area contributed by atoms with Gasteiger partial charge in [-0.3, -0.25) is 4.79 Å². The van der Waals surface area contributed by atoms with Crippen LogP contribution in [0.3, 0.4) is 0 Å². The Morgan fingerprint density at radius 1 is 1.33 bits per heavy atom. The summed E-state index contributed by atoms with van der Waals surface area (Å²) in [6.07, 6.45) is 2.32. The van der Waals surface area contributed by atoms with Crippen molar-refractivity contribution in [3.05, 3.63) is 35.9 Å². The lowest BCUT2D eigenvalue weighted by Crippen LogP contribution is -2.30. The van der Waals surface area contributed by atoms with E-state index in [0.717, 1.165) is 18.5 Å². The summed E-state index contributed by atoms with van der Waals surface area (Å²) in [5, 5.41) is 0. The van der Waals surface area contributed by atoms with Crippen molar-refractivity contribution in [2.24, 2.45) is 0 Å². The second-order valence-electron chi connectivity index (χ2n) is 4.60. The number of benzene rings is 1. The van der Waals surface area contributed by atoms with E-state index in [1.54, 1.807) is 0 Å². The molecule has 0 bridgehead atoms. The van der Waals surface area contributed by atoms with Crippen LogP contribution in [0.2, 0.25) is 0 Å². The molecule has 3 heteroatoms. The molecule has 0 spiro atoms. The highest BCUT2D eigenvalue weighted by Gasteiger charge is 2.22. The van der Waals surface area contributed by atoms with Gasteiger partial charge in [-0.1, -0.05) is 43.7 Å². The molecule has 0 aromatic heterocycles. The van der Waals surface area contributed by atoms with Gasteiger partial charge in [0.2, 0.25) is 0 Å². The highest BCUT2D eigenvalue weighted by molar-refractivity contribution is 5.78. The maximum atomic E-state index is 11.9. The first-order valence-electron chi connectivity index (χ1n) is 6.50. The van der Waals surface area contributed by atoms with Gasteiger partial charge in [0.1, 0.15) is 0 Å². The summed E-state index contributed by atoms with van der Waals surface area (Å²) in [5.41, 5.74) is 1.02. The summed E-state index contributed by atoms with van der Waals surface area (Å²) in [4.78, 5) is 14.1. The van der Waals surface area contributed by atoms with Gasteiger partial charge in [-0.15, -0.1) is 0 Å². The van der Waals surface area contributed by atoms with Crippen molar-refractivity contribution in [3.63, 3.8) is 0 Å². The van der Waals surface area contributed by atoms with E-state index in [2.05, 4.69) is 18.9 Å². The van der Waals surface area contributed by atoms with E-state index in [-0.39, 0.29) is 11.9 Å². The molecule has 18 heavy (non-hydrogen) atoms. The van der Waals surface area contributed by atoms with Gasteiger partial charge in [0.25, 0.3) is 0 Å². The predicted molar refractivity (Wildman–Crippen MR) is 73.6 cm³/mol. The number of unbranched alkanes of at least 4 members (excludes halogenated alkanes) is 1. The van der Waals surface area contributed by atoms with Gasteiger partial charge in [-0.2, -0.15) is 0 Å². The zero-order valence-corrected chi connectivity index (χ0v) is 11.6. The van der Waals surface area contributed by atoms with Gasteiger partial charge >= 0.3 is 5.97 Å². The molecule has 0 N–H and O–H groups in total. The summed E-state index contributed by atoms with van der Waals surface area (Å²) >= 11 is 0. The standard InChI is InChI=1S/C15H23NO2/c1-4-5-11-16(2)12-14(15(17)18-3)13-9-7-6-8-10-13/h6-10,14H,4-5,11-12H2,1-3H3. The van der Waals surface area contributed by atoms with Crippen LogP contribution in [-0.2, 0) is 9.53 Å². The molecular formula is C15H23NO2. The van der Waals surface area contributed by atoms with Crippen molar-refractivity contribution in [2.45, 2.75) is 25.7 Å². The van der Waals surface area contributed by atoms with Crippen molar-refractivity contribution < 1.29 is 9.53 Å². The number of rotatable bonds is 7. The largest absolute Gasteiger partial charge is 0.469 e. The summed E-state index contributed by atoms with van der Waals surface area (Å²) in [7, 11) is 3.50. The van der Waals surface area contributed by atoms with Crippen LogP contribution in [0.15, 0.2) is 30.3 Å². The van der Waals surface area contributed by atoms with Crippen molar-refractivity contribution in [1.82, 2.24) is 4.90 Å². The number of esters is 1. The van der Waals surface area contributed by atoms with E-state index in [1.807, 2.05) is 30.3 Å². The molecule has 100 valence electrons. The molecule has 0 aliphatic rings. The van der Waals surface area contributed by atoms with Gasteiger partial charge in [-0.25, -0.2) is 0 Å². The smallest absolute Gasteiger partial charge is 0.314 e. The molecule has 1 atom stereocenters. The Labute approximate surface area is 110 Å². The molecule has 0 amide bonds. The molecule has 0 heterocycles. The number of carbonyl (C=O) groups excluding carboxylic acids is 1. The Hall–Kier alpha value is -1.35. The zero-order chi connectivity index (χ0) is 13.4. The van der Waals surface area contributed by atoms with Crippen molar-refractivity contribution >= 4 is 5.97 Å². The highest BCUT2D eigenvalue weighted by atomic mass is 16.5. The van der Waals surface area contributed by atoms with Gasteiger partial charge in [0.15, 0.2) is 0 Å².